The Morgan fingerprint density at radius 2 is 1.89 bits per heavy atom. The van der Waals surface area contributed by atoms with Crippen LogP contribution < -0.4 is 0 Å². The largest absolute Gasteiger partial charge is 0.361 e. The molecule has 1 aliphatic rings. The van der Waals surface area contributed by atoms with E-state index in [9.17, 15) is 8.42 Å². The fraction of sp³-hybridized carbons (Fsp3) is 0.273. The smallest absolute Gasteiger partial charge is 0.243 e. The van der Waals surface area contributed by atoms with Crippen molar-refractivity contribution in [3.05, 3.63) is 77.0 Å². The molecule has 1 aromatic heterocycles. The lowest BCUT2D eigenvalue weighted by atomic mass is 9.99. The Hall–Kier alpha value is -2.37. The molecule has 0 spiro atoms. The molecule has 0 saturated carbocycles. The van der Waals surface area contributed by atoms with Crippen LogP contribution in [0.25, 0.3) is 10.9 Å². The van der Waals surface area contributed by atoms with E-state index in [2.05, 4.69) is 11.1 Å². The van der Waals surface area contributed by atoms with Crippen molar-refractivity contribution in [2.45, 2.75) is 38.1 Å². The molecular weight excluding hydrogens is 356 g/mol. The molecule has 0 aliphatic carbocycles. The van der Waals surface area contributed by atoms with Crippen LogP contribution in [0, 0.1) is 6.92 Å². The summed E-state index contributed by atoms with van der Waals surface area (Å²) < 4.78 is 28.7. The molecule has 4 nitrogen and oxygen atoms in total. The maximum Gasteiger partial charge on any atom is 0.243 e. The van der Waals surface area contributed by atoms with Crippen molar-refractivity contribution in [2.75, 3.05) is 6.54 Å². The summed E-state index contributed by atoms with van der Waals surface area (Å²) in [6.45, 7) is 6.44. The van der Waals surface area contributed by atoms with Crippen molar-refractivity contribution in [2.24, 2.45) is 0 Å². The monoisotopic (exact) mass is 380 g/mol. The molecule has 1 aliphatic heterocycles. The first-order chi connectivity index (χ1) is 12.9. The highest BCUT2D eigenvalue weighted by atomic mass is 32.2. The standard InChI is InChI=1S/C22H24N2O2S/c1-15(2)13-21-19-5-4-6-20-22(19)17(14-23-20)11-12-24(21)27(25,26)18-9-7-16(3)8-10-18/h4-10,13-14,21,23H,11-12H2,1-3H3/t21-/m1/s1. The maximum atomic E-state index is 13.5. The van der Waals surface area contributed by atoms with Crippen LogP contribution in [-0.4, -0.2) is 24.3 Å². The van der Waals surface area contributed by atoms with Crippen molar-refractivity contribution >= 4 is 20.9 Å². The van der Waals surface area contributed by atoms with Crippen LogP contribution in [0.4, 0.5) is 0 Å². The minimum absolute atomic E-state index is 0.318. The zero-order valence-corrected chi connectivity index (χ0v) is 16.7. The van der Waals surface area contributed by atoms with Gasteiger partial charge in [-0.05, 0) is 56.5 Å². The predicted octanol–water partition coefficient (Wildman–Crippen LogP) is 4.73. The molecule has 2 aromatic carbocycles. The van der Waals surface area contributed by atoms with E-state index in [0.717, 1.165) is 27.6 Å². The first kappa shape index (κ1) is 18.0. The summed E-state index contributed by atoms with van der Waals surface area (Å²) in [5, 5.41) is 1.15. The van der Waals surface area contributed by atoms with Gasteiger partial charge in [0.25, 0.3) is 0 Å². The first-order valence-corrected chi connectivity index (χ1v) is 10.6. The number of aryl methyl sites for hydroxylation is 1. The molecule has 0 unspecified atom stereocenters. The number of nitrogens with zero attached hydrogens (tertiary/aromatic N) is 1. The summed E-state index contributed by atoms with van der Waals surface area (Å²) in [4.78, 5) is 3.67. The molecule has 0 saturated heterocycles. The molecular formula is C22H24N2O2S. The van der Waals surface area contributed by atoms with Crippen molar-refractivity contribution in [1.29, 1.82) is 0 Å². The van der Waals surface area contributed by atoms with Gasteiger partial charge in [-0.25, -0.2) is 8.42 Å². The minimum Gasteiger partial charge on any atom is -0.361 e. The third-order valence-corrected chi connectivity index (χ3v) is 7.06. The van der Waals surface area contributed by atoms with Gasteiger partial charge in [-0.15, -0.1) is 0 Å². The van der Waals surface area contributed by atoms with Gasteiger partial charge in [-0.2, -0.15) is 4.31 Å². The van der Waals surface area contributed by atoms with E-state index < -0.39 is 10.0 Å². The molecule has 3 aromatic rings. The van der Waals surface area contributed by atoms with Crippen LogP contribution >= 0.6 is 0 Å². The molecule has 0 radical (unpaired) electrons. The van der Waals surface area contributed by atoms with Gasteiger partial charge in [0, 0.05) is 23.6 Å². The van der Waals surface area contributed by atoms with Gasteiger partial charge in [0.2, 0.25) is 10.0 Å². The Morgan fingerprint density at radius 3 is 2.59 bits per heavy atom. The van der Waals surface area contributed by atoms with Crippen LogP contribution in [0.3, 0.4) is 0 Å². The number of benzene rings is 2. The zero-order valence-electron chi connectivity index (χ0n) is 15.9. The average molecular weight is 381 g/mol. The van der Waals surface area contributed by atoms with Crippen molar-refractivity contribution in [1.82, 2.24) is 9.29 Å². The molecule has 140 valence electrons. The first-order valence-electron chi connectivity index (χ1n) is 9.20. The van der Waals surface area contributed by atoms with Crippen LogP contribution in [0.5, 0.6) is 0 Å². The number of hydrogen-bond donors (Lipinski definition) is 1. The van der Waals surface area contributed by atoms with E-state index >= 15 is 0 Å². The summed E-state index contributed by atoms with van der Waals surface area (Å²) >= 11 is 0. The molecule has 0 bridgehead atoms. The average Bonchev–Trinajstić information content (AvgIpc) is 2.96. The van der Waals surface area contributed by atoms with Crippen LogP contribution in [0.2, 0.25) is 0 Å². The number of hydrogen-bond acceptors (Lipinski definition) is 2. The van der Waals surface area contributed by atoms with Gasteiger partial charge in [-0.1, -0.05) is 41.5 Å². The summed E-state index contributed by atoms with van der Waals surface area (Å²) in [6.07, 6.45) is 4.76. The van der Waals surface area contributed by atoms with E-state index in [1.54, 1.807) is 16.4 Å². The fourth-order valence-electron chi connectivity index (χ4n) is 3.86. The predicted molar refractivity (Wildman–Crippen MR) is 109 cm³/mol. The lowest BCUT2D eigenvalue weighted by Crippen LogP contribution is -2.35. The summed E-state index contributed by atoms with van der Waals surface area (Å²) in [5.41, 5.74) is 5.42. The van der Waals surface area contributed by atoms with Crippen molar-refractivity contribution < 1.29 is 8.42 Å². The third kappa shape index (κ3) is 3.11. The highest BCUT2D eigenvalue weighted by Gasteiger charge is 2.34. The Bertz CT molecular complexity index is 1120. The summed E-state index contributed by atoms with van der Waals surface area (Å²) in [7, 11) is -3.61. The second kappa shape index (κ2) is 6.66. The van der Waals surface area contributed by atoms with Gasteiger partial charge < -0.3 is 4.98 Å². The number of allylic oxidation sites excluding steroid dienone is 1. The van der Waals surface area contributed by atoms with Crippen molar-refractivity contribution in [3.63, 3.8) is 0 Å². The number of sulfonamides is 1. The SMILES string of the molecule is CC(C)=C[C@@H]1c2cccc3[nH]cc(c23)CCN1S(=O)(=O)c1ccc(C)cc1. The Morgan fingerprint density at radius 1 is 1.15 bits per heavy atom. The van der Waals surface area contributed by atoms with Gasteiger partial charge in [0.1, 0.15) is 0 Å². The molecule has 27 heavy (non-hydrogen) atoms. The molecule has 5 heteroatoms. The van der Waals surface area contributed by atoms with Gasteiger partial charge in [0.15, 0.2) is 0 Å². The highest BCUT2D eigenvalue weighted by Crippen LogP contribution is 2.38. The quantitative estimate of drug-likeness (QED) is 0.668. The molecule has 1 atom stereocenters. The second-order valence-electron chi connectivity index (χ2n) is 7.45. The molecule has 1 N–H and O–H groups in total. The fourth-order valence-corrected chi connectivity index (χ4v) is 5.41. The van der Waals surface area contributed by atoms with E-state index in [1.807, 2.05) is 57.3 Å². The molecule has 0 amide bonds. The van der Waals surface area contributed by atoms with E-state index in [0.29, 0.717) is 17.9 Å². The van der Waals surface area contributed by atoms with Gasteiger partial charge in [-0.3, -0.25) is 0 Å². The highest BCUT2D eigenvalue weighted by molar-refractivity contribution is 7.89. The van der Waals surface area contributed by atoms with Crippen LogP contribution in [0.1, 0.15) is 36.6 Å². The van der Waals surface area contributed by atoms with Crippen LogP contribution in [0.15, 0.2) is 65.2 Å². The molecule has 2 heterocycles. The number of aromatic nitrogens is 1. The van der Waals surface area contributed by atoms with E-state index in [4.69, 9.17) is 0 Å². The lowest BCUT2D eigenvalue weighted by Gasteiger charge is -2.28. The molecule has 4 rings (SSSR count). The van der Waals surface area contributed by atoms with Crippen LogP contribution in [-0.2, 0) is 16.4 Å². The molecule has 0 fully saturated rings. The number of H-pyrrole nitrogens is 1. The summed E-state index contributed by atoms with van der Waals surface area (Å²) in [6, 6.07) is 12.9. The Balaban J connectivity index is 1.91. The maximum absolute atomic E-state index is 13.5. The zero-order chi connectivity index (χ0) is 19.2. The topological polar surface area (TPSA) is 53.2 Å². The third-order valence-electron chi connectivity index (χ3n) is 5.17. The number of nitrogens with one attached hydrogen (secondary N) is 1. The number of rotatable bonds is 3. The van der Waals surface area contributed by atoms with Crippen molar-refractivity contribution in [3.8, 4) is 0 Å². The Kier molecular flexibility index (Phi) is 4.44. The van der Waals surface area contributed by atoms with Gasteiger partial charge >= 0.3 is 0 Å². The van der Waals surface area contributed by atoms with Gasteiger partial charge in [0.05, 0.1) is 10.9 Å². The lowest BCUT2D eigenvalue weighted by molar-refractivity contribution is 0.375. The number of aromatic amines is 1. The van der Waals surface area contributed by atoms with E-state index in [-0.39, 0.29) is 6.04 Å². The normalized spacial score (nSPS) is 17.7. The second-order valence-corrected chi connectivity index (χ2v) is 9.34. The Labute approximate surface area is 160 Å². The van der Waals surface area contributed by atoms with E-state index in [1.165, 1.54) is 5.56 Å². The summed E-state index contributed by atoms with van der Waals surface area (Å²) in [5.74, 6) is 0. The minimum atomic E-state index is -3.61.